The lowest BCUT2D eigenvalue weighted by atomic mass is 10.3. The fourth-order valence-electron chi connectivity index (χ4n) is 0.969. The molecule has 0 aliphatic heterocycles. The van der Waals surface area contributed by atoms with E-state index >= 15 is 0 Å². The van der Waals surface area contributed by atoms with Gasteiger partial charge in [-0.3, -0.25) is 4.79 Å². The summed E-state index contributed by atoms with van der Waals surface area (Å²) in [6.45, 7) is 7.39. The predicted octanol–water partition coefficient (Wildman–Crippen LogP) is 0.549. The van der Waals surface area contributed by atoms with Crippen LogP contribution in [0.15, 0.2) is 17.1 Å². The molecule has 0 heterocycles. The highest BCUT2D eigenvalue weighted by atomic mass is 32.2. The summed E-state index contributed by atoms with van der Waals surface area (Å²) in [6.07, 6.45) is 2.05. The van der Waals surface area contributed by atoms with Crippen molar-refractivity contribution in [3.8, 4) is 0 Å². The number of nitrogens with zero attached hydrogens (tertiary/aromatic N) is 2. The van der Waals surface area contributed by atoms with Gasteiger partial charge in [-0.25, -0.2) is 4.99 Å². The van der Waals surface area contributed by atoms with E-state index in [4.69, 9.17) is 0 Å². The average Bonchev–Trinajstić information content (AvgIpc) is 2.31. The second-order valence-corrected chi connectivity index (χ2v) is 5.17. The van der Waals surface area contributed by atoms with Gasteiger partial charge in [-0.2, -0.15) is 11.8 Å². The van der Waals surface area contributed by atoms with E-state index in [2.05, 4.69) is 28.5 Å². The summed E-state index contributed by atoms with van der Waals surface area (Å²) < 4.78 is 0. The van der Waals surface area contributed by atoms with E-state index in [1.54, 1.807) is 25.9 Å². The van der Waals surface area contributed by atoms with Gasteiger partial charge in [0.05, 0.1) is 0 Å². The van der Waals surface area contributed by atoms with E-state index in [9.17, 15) is 4.79 Å². The highest BCUT2D eigenvalue weighted by molar-refractivity contribution is 7.98. The molecule has 6 heteroatoms. The van der Waals surface area contributed by atoms with Gasteiger partial charge >= 0.3 is 0 Å². The van der Waals surface area contributed by atoms with E-state index in [-0.39, 0.29) is 12.5 Å². The van der Waals surface area contributed by atoms with Crippen molar-refractivity contribution >= 4 is 23.6 Å². The standard InChI is InChI=1S/C12H24N4OS/c1-10(2)8-14-12(13-6-7-18-5)15-9-11(17)16(3)4/h1,6-9H2,2-5H3,(H2,13,14,15). The molecular formula is C12H24N4OS. The van der Waals surface area contributed by atoms with Gasteiger partial charge in [-0.05, 0) is 13.2 Å². The van der Waals surface area contributed by atoms with Crippen molar-refractivity contribution in [2.75, 3.05) is 45.7 Å². The second kappa shape index (κ2) is 9.82. The van der Waals surface area contributed by atoms with Crippen molar-refractivity contribution in [2.24, 2.45) is 4.99 Å². The predicted molar refractivity (Wildman–Crippen MR) is 80.2 cm³/mol. The summed E-state index contributed by atoms with van der Waals surface area (Å²) in [5.41, 5.74) is 1.02. The lowest BCUT2D eigenvalue weighted by Gasteiger charge is -2.13. The maximum Gasteiger partial charge on any atom is 0.243 e. The molecule has 0 atom stereocenters. The Morgan fingerprint density at radius 2 is 2.06 bits per heavy atom. The number of likely N-dealkylation sites (N-methyl/N-ethyl adjacent to an activating group) is 1. The van der Waals surface area contributed by atoms with Crippen LogP contribution in [0.25, 0.3) is 0 Å². The van der Waals surface area contributed by atoms with E-state index in [0.717, 1.165) is 17.9 Å². The highest BCUT2D eigenvalue weighted by Crippen LogP contribution is 1.88. The molecule has 0 aliphatic carbocycles. The Morgan fingerprint density at radius 3 is 2.56 bits per heavy atom. The number of carbonyl (C=O) groups excluding carboxylic acids is 1. The largest absolute Gasteiger partial charge is 0.356 e. The molecule has 5 nitrogen and oxygen atoms in total. The lowest BCUT2D eigenvalue weighted by Crippen LogP contribution is -2.40. The van der Waals surface area contributed by atoms with Gasteiger partial charge in [-0.1, -0.05) is 12.2 Å². The van der Waals surface area contributed by atoms with E-state index in [1.807, 2.05) is 6.92 Å². The summed E-state index contributed by atoms with van der Waals surface area (Å²) in [5, 5.41) is 6.31. The molecule has 0 spiro atoms. The van der Waals surface area contributed by atoms with Crippen molar-refractivity contribution in [1.82, 2.24) is 15.5 Å². The monoisotopic (exact) mass is 272 g/mol. The molecule has 0 rings (SSSR count). The smallest absolute Gasteiger partial charge is 0.243 e. The number of rotatable bonds is 7. The number of guanidine groups is 1. The Kier molecular flexibility index (Phi) is 9.18. The van der Waals surface area contributed by atoms with Crippen LogP contribution < -0.4 is 10.6 Å². The molecule has 0 saturated carbocycles. The first-order valence-corrected chi connectivity index (χ1v) is 7.22. The third-order valence-corrected chi connectivity index (χ3v) is 2.64. The molecule has 2 N–H and O–H groups in total. The number of thioether (sulfide) groups is 1. The van der Waals surface area contributed by atoms with Crippen LogP contribution in [0.3, 0.4) is 0 Å². The van der Waals surface area contributed by atoms with Crippen molar-refractivity contribution in [3.05, 3.63) is 12.2 Å². The quantitative estimate of drug-likeness (QED) is 0.307. The minimum absolute atomic E-state index is 0.0173. The van der Waals surface area contributed by atoms with Crippen molar-refractivity contribution in [1.29, 1.82) is 0 Å². The summed E-state index contributed by atoms with van der Waals surface area (Å²) in [4.78, 5) is 17.2. The number of hydrogen-bond acceptors (Lipinski definition) is 3. The average molecular weight is 272 g/mol. The molecule has 104 valence electrons. The molecule has 0 aliphatic rings. The first kappa shape index (κ1) is 16.8. The fourth-order valence-corrected chi connectivity index (χ4v) is 1.27. The summed E-state index contributed by atoms with van der Waals surface area (Å²) in [7, 11) is 3.44. The molecular weight excluding hydrogens is 248 g/mol. The second-order valence-electron chi connectivity index (χ2n) is 4.18. The van der Waals surface area contributed by atoms with Crippen LogP contribution in [0.1, 0.15) is 6.92 Å². The number of aliphatic imine (C=N–C) groups is 1. The van der Waals surface area contributed by atoms with Crippen molar-refractivity contribution < 1.29 is 4.79 Å². The minimum Gasteiger partial charge on any atom is -0.356 e. The maximum atomic E-state index is 11.5. The molecule has 0 fully saturated rings. The topological polar surface area (TPSA) is 56.7 Å². The molecule has 0 unspecified atom stereocenters. The summed E-state index contributed by atoms with van der Waals surface area (Å²) in [5.74, 6) is 1.63. The number of carbonyl (C=O) groups is 1. The van der Waals surface area contributed by atoms with Crippen LogP contribution in [0.4, 0.5) is 0 Å². The maximum absolute atomic E-state index is 11.5. The number of nitrogens with one attached hydrogen (secondary N) is 2. The fraction of sp³-hybridized carbons (Fsp3) is 0.667. The number of hydrogen-bond donors (Lipinski definition) is 2. The van der Waals surface area contributed by atoms with Gasteiger partial charge < -0.3 is 15.5 Å². The molecule has 0 aromatic carbocycles. The number of amides is 1. The van der Waals surface area contributed by atoms with Crippen LogP contribution >= 0.6 is 11.8 Å². The van der Waals surface area contributed by atoms with Crippen LogP contribution in [0.5, 0.6) is 0 Å². The summed E-state index contributed by atoms with van der Waals surface area (Å²) >= 11 is 1.76. The highest BCUT2D eigenvalue weighted by Gasteiger charge is 2.03. The summed E-state index contributed by atoms with van der Waals surface area (Å²) in [6, 6.07) is 0. The Morgan fingerprint density at radius 1 is 1.39 bits per heavy atom. The molecule has 0 aromatic heterocycles. The van der Waals surface area contributed by atoms with Gasteiger partial charge in [-0.15, -0.1) is 0 Å². The third-order valence-electron chi connectivity index (χ3n) is 2.03. The SMILES string of the molecule is C=C(C)CNC(=NCC(=O)N(C)C)NCCSC. The van der Waals surface area contributed by atoms with Gasteiger partial charge in [0.25, 0.3) is 0 Å². The molecule has 0 bridgehead atoms. The van der Waals surface area contributed by atoms with E-state index in [0.29, 0.717) is 12.5 Å². The lowest BCUT2D eigenvalue weighted by molar-refractivity contribution is -0.127. The van der Waals surface area contributed by atoms with E-state index < -0.39 is 0 Å². The van der Waals surface area contributed by atoms with Gasteiger partial charge in [0, 0.05) is 32.9 Å². The molecule has 0 aromatic rings. The van der Waals surface area contributed by atoms with Crippen LogP contribution in [0.2, 0.25) is 0 Å². The molecule has 18 heavy (non-hydrogen) atoms. The molecule has 1 amide bonds. The third kappa shape index (κ3) is 8.92. The van der Waals surface area contributed by atoms with Crippen LogP contribution in [0, 0.1) is 0 Å². The first-order valence-electron chi connectivity index (χ1n) is 5.83. The van der Waals surface area contributed by atoms with E-state index in [1.165, 1.54) is 4.90 Å². The van der Waals surface area contributed by atoms with Gasteiger partial charge in [0.15, 0.2) is 5.96 Å². The normalized spacial score (nSPS) is 11.0. The Balaban J connectivity index is 4.29. The molecule has 0 radical (unpaired) electrons. The molecule has 0 saturated heterocycles. The van der Waals surface area contributed by atoms with Crippen molar-refractivity contribution in [2.45, 2.75) is 6.92 Å². The first-order chi connectivity index (χ1) is 8.47. The van der Waals surface area contributed by atoms with Crippen molar-refractivity contribution in [3.63, 3.8) is 0 Å². The van der Waals surface area contributed by atoms with Gasteiger partial charge in [0.1, 0.15) is 6.54 Å². The van der Waals surface area contributed by atoms with Crippen LogP contribution in [-0.2, 0) is 4.79 Å². The van der Waals surface area contributed by atoms with Crippen LogP contribution in [-0.4, -0.2) is 62.5 Å². The van der Waals surface area contributed by atoms with Gasteiger partial charge in [0.2, 0.25) is 5.91 Å². The zero-order valence-corrected chi connectivity index (χ0v) is 12.6. The zero-order chi connectivity index (χ0) is 14.0. The Hall–Kier alpha value is -1.17. The Bertz CT molecular complexity index is 302. The minimum atomic E-state index is -0.0173. The Labute approximate surface area is 114 Å². The zero-order valence-electron chi connectivity index (χ0n) is 11.7.